The molecular weight excluding hydrogens is 1270 g/mol. The van der Waals surface area contributed by atoms with Crippen molar-refractivity contribution in [3.63, 3.8) is 0 Å². The number of hydrogen-bond acceptors (Lipinski definition) is 13. The van der Waals surface area contributed by atoms with Gasteiger partial charge in [-0.15, -0.1) is 11.4 Å². The van der Waals surface area contributed by atoms with Crippen LogP contribution in [0.25, 0.3) is 9.81 Å². The minimum absolute atomic E-state index is 0. The zero-order valence-corrected chi connectivity index (χ0v) is 56.4. The minimum Gasteiger partial charge on any atom is -0.626 e. The van der Waals surface area contributed by atoms with E-state index in [-0.39, 0.29) is 37.2 Å². The number of halogens is 2. The Kier molecular flexibility index (Phi) is 20.9. The Morgan fingerprint density at radius 2 is 0.868 bits per heavy atom. The summed E-state index contributed by atoms with van der Waals surface area (Å²) in [7, 11) is 0. The number of aliphatic imine (C=N–C) groups is 2. The van der Waals surface area contributed by atoms with E-state index in [9.17, 15) is 10.5 Å². The number of hydrogen-bond donors (Lipinski definition) is 0. The topological polar surface area (TPSA) is 180 Å². The van der Waals surface area contributed by atoms with Gasteiger partial charge in [0.1, 0.15) is 17.7 Å². The molecule has 18 heteroatoms. The molecule has 6 aliphatic rings. The molecule has 14 rings (SSSR count). The predicted octanol–water partition coefficient (Wildman–Crippen LogP) is 19.2. The number of rotatable bonds is 17. The van der Waals surface area contributed by atoms with Crippen molar-refractivity contribution in [2.24, 2.45) is 21.8 Å². The van der Waals surface area contributed by atoms with Gasteiger partial charge in [0, 0.05) is 108 Å². The van der Waals surface area contributed by atoms with Crippen molar-refractivity contribution in [3.05, 3.63) is 230 Å². The smallest absolute Gasteiger partial charge is 0.626 e. The van der Waals surface area contributed by atoms with Crippen LogP contribution in [0.1, 0.15) is 143 Å². The van der Waals surface area contributed by atoms with E-state index < -0.39 is 0 Å². The maximum absolute atomic E-state index is 10.6. The van der Waals surface area contributed by atoms with Crippen LogP contribution < -0.4 is 24.2 Å². The molecule has 0 spiro atoms. The average Bonchev–Trinajstić information content (AvgIpc) is 1.64. The van der Waals surface area contributed by atoms with E-state index in [0.717, 1.165) is 148 Å². The second kappa shape index (κ2) is 30.1. The van der Waals surface area contributed by atoms with Gasteiger partial charge in [0.05, 0.1) is 22.7 Å². The number of nitrogens with zero attached hydrogens (tertiary/aromatic N) is 10. The number of aromatic nitrogens is 6. The molecule has 0 atom stereocenters. The molecule has 4 aliphatic carbocycles. The molecule has 0 N–H and O–H groups in total. The van der Waals surface area contributed by atoms with Crippen molar-refractivity contribution in [2.75, 3.05) is 0 Å². The monoisotopic (exact) mass is 1330 g/mol. The molecule has 0 bridgehead atoms. The summed E-state index contributed by atoms with van der Waals surface area (Å²) >= 11 is 15.8. The van der Waals surface area contributed by atoms with E-state index in [1.54, 1.807) is 54.4 Å². The molecule has 452 valence electrons. The summed E-state index contributed by atoms with van der Waals surface area (Å²) < 4.78 is 18.6. The SMILES string of the molecule is N#CC1=C(C2CCCC2)/C(=C(\Sc2ccc(Cl)cc2)c2[n-]c(Oc3ccccn3)cc2C2CCCC2)N=C1Cc1ccccn1.N#CC1=C(C2CCCC2)/C(=C(\Sc2ccc(Cl)cc2)c2[n-]c(Oc3ccccn3)cc2C2CCCC2)N=C1Oc1ccccn1.[Zn+2]. The molecule has 91 heavy (non-hydrogen) atoms. The van der Waals surface area contributed by atoms with Gasteiger partial charge in [-0.3, -0.25) is 9.98 Å². The van der Waals surface area contributed by atoms with E-state index in [4.69, 9.17) is 57.4 Å². The zero-order chi connectivity index (χ0) is 61.2. The van der Waals surface area contributed by atoms with Gasteiger partial charge in [0.2, 0.25) is 23.5 Å². The second-order valence-corrected chi connectivity index (χ2v) is 26.3. The molecule has 0 unspecified atom stereocenters. The van der Waals surface area contributed by atoms with Crippen molar-refractivity contribution in [3.8, 4) is 41.5 Å². The minimum atomic E-state index is 0. The molecular formula is C73H64Cl2N10O3S2Zn. The van der Waals surface area contributed by atoms with Crippen LogP contribution in [0.5, 0.6) is 29.4 Å². The van der Waals surface area contributed by atoms with Gasteiger partial charge in [-0.05, 0) is 166 Å². The second-order valence-electron chi connectivity index (χ2n) is 23.3. The van der Waals surface area contributed by atoms with Crippen LogP contribution in [0.4, 0.5) is 0 Å². The van der Waals surface area contributed by atoms with Crippen molar-refractivity contribution in [1.29, 1.82) is 10.5 Å². The zero-order valence-electron chi connectivity index (χ0n) is 50.3. The molecule has 4 fully saturated rings. The average molecular weight is 1330 g/mol. The van der Waals surface area contributed by atoms with E-state index >= 15 is 0 Å². The molecule has 2 aromatic carbocycles. The summed E-state index contributed by atoms with van der Waals surface area (Å²) in [6.07, 6.45) is 25.1. The largest absolute Gasteiger partial charge is 2.00 e. The molecule has 8 aromatic rings. The first-order chi connectivity index (χ1) is 44.3. The van der Waals surface area contributed by atoms with Crippen LogP contribution in [0, 0.1) is 34.5 Å². The molecule has 6 aromatic heterocycles. The Hall–Kier alpha value is -7.82. The Morgan fingerprint density at radius 1 is 0.473 bits per heavy atom. The molecule has 0 saturated heterocycles. The summed E-state index contributed by atoms with van der Waals surface area (Å²) in [5, 5.41) is 22.5. The first-order valence-electron chi connectivity index (χ1n) is 31.2. The van der Waals surface area contributed by atoms with Crippen LogP contribution in [0.2, 0.25) is 10.0 Å². The molecule has 13 nitrogen and oxygen atoms in total. The summed E-state index contributed by atoms with van der Waals surface area (Å²) in [5.41, 5.74) is 10.5. The van der Waals surface area contributed by atoms with E-state index in [1.807, 2.05) is 115 Å². The van der Waals surface area contributed by atoms with E-state index in [2.05, 4.69) is 44.2 Å². The number of ether oxygens (including phenoxy) is 3. The third-order valence-electron chi connectivity index (χ3n) is 17.4. The molecule has 4 saturated carbocycles. The molecule has 0 radical (unpaired) electrons. The van der Waals surface area contributed by atoms with Gasteiger partial charge in [-0.1, -0.05) is 133 Å². The van der Waals surface area contributed by atoms with Crippen LogP contribution in [0.15, 0.2) is 212 Å². The van der Waals surface area contributed by atoms with Gasteiger partial charge in [0.15, 0.2) is 0 Å². The van der Waals surface area contributed by atoms with Gasteiger partial charge < -0.3 is 24.2 Å². The standard InChI is InChI=1S/C37H33ClN5OS.C36H31ClN5O2S.Zn/c38-26-15-17-28(18-16-26)45-37(35-29(24-9-1-2-10-24)22-33(43-35)44-32-14-6-8-20-41-32)36-34(25-11-3-4-12-25)30(23-39)31(42-36)21-27-13-5-7-19-40-27;37-25-15-17-26(18-16-25)45-35(33-27(23-9-1-2-10-23)21-31(41-33)43-29-13-5-7-19-39-29)34-32(24-11-3-4-12-24)28(22-38)36(42-34)44-30-14-6-8-20-40-30;/h5-8,13-20,22,24-25H,1-4,9-12,21H2;5-8,13-21,23-24H,1-4,9-12H2;/q2*-1;+2/b37-36+;35-34+;. The number of allylic oxidation sites excluding steroid dienone is 3. The Morgan fingerprint density at radius 3 is 1.27 bits per heavy atom. The summed E-state index contributed by atoms with van der Waals surface area (Å²) in [6.45, 7) is 0. The number of thioether (sulfide) groups is 2. The van der Waals surface area contributed by atoms with Crippen molar-refractivity contribution in [2.45, 2.75) is 131 Å². The van der Waals surface area contributed by atoms with Gasteiger partial charge >= 0.3 is 19.5 Å². The van der Waals surface area contributed by atoms with Crippen LogP contribution >= 0.6 is 46.7 Å². The molecule has 2 aliphatic heterocycles. The Bertz CT molecular complexity index is 3870. The molecule has 8 heterocycles. The fourth-order valence-corrected chi connectivity index (χ4v) is 15.5. The fourth-order valence-electron chi connectivity index (χ4n) is 13.2. The van der Waals surface area contributed by atoms with Gasteiger partial charge in [-0.25, -0.2) is 19.9 Å². The summed E-state index contributed by atoms with van der Waals surface area (Å²) in [6, 6.07) is 47.4. The van der Waals surface area contributed by atoms with Crippen LogP contribution in [-0.2, 0) is 25.9 Å². The van der Waals surface area contributed by atoms with Crippen molar-refractivity contribution in [1.82, 2.24) is 29.9 Å². The summed E-state index contributed by atoms with van der Waals surface area (Å²) in [5.74, 6) is 3.89. The van der Waals surface area contributed by atoms with Crippen molar-refractivity contribution >= 4 is 68.1 Å². The van der Waals surface area contributed by atoms with Gasteiger partial charge in [-0.2, -0.15) is 10.5 Å². The third kappa shape index (κ3) is 14.9. The normalized spacial score (nSPS) is 18.1. The van der Waals surface area contributed by atoms with Crippen LogP contribution in [0.3, 0.4) is 0 Å². The maximum Gasteiger partial charge on any atom is 2.00 e. The van der Waals surface area contributed by atoms with Crippen molar-refractivity contribution < 1.29 is 33.7 Å². The Labute approximate surface area is 562 Å². The number of benzene rings is 2. The van der Waals surface area contributed by atoms with Gasteiger partial charge in [0.25, 0.3) is 0 Å². The van der Waals surface area contributed by atoms with E-state index in [1.165, 1.54) is 31.2 Å². The first kappa shape index (κ1) is 63.3. The Balaban J connectivity index is 0.000000174. The molecule has 0 amide bonds. The third-order valence-corrected chi connectivity index (χ3v) is 20.1. The summed E-state index contributed by atoms with van der Waals surface area (Å²) in [4.78, 5) is 42.3. The number of pyridine rings is 4. The van der Waals surface area contributed by atoms with Crippen LogP contribution in [-0.4, -0.2) is 31.5 Å². The number of nitriles is 2. The maximum atomic E-state index is 10.6. The van der Waals surface area contributed by atoms with E-state index in [0.29, 0.717) is 68.8 Å². The predicted molar refractivity (Wildman–Crippen MR) is 356 cm³/mol. The quantitative estimate of drug-likeness (QED) is 0.0621. The fraction of sp³-hybridized carbons (Fsp3) is 0.288. The first-order valence-corrected chi connectivity index (χ1v) is 33.6.